The molecule has 0 fully saturated rings. The summed E-state index contributed by atoms with van der Waals surface area (Å²) in [4.78, 5) is 51.1. The average Bonchev–Trinajstić information content (AvgIpc) is 2.98. The first-order chi connectivity index (χ1) is 19.1. The molecule has 39 heavy (non-hydrogen) atoms. The molecule has 0 aliphatic rings. The molecule has 9 nitrogen and oxygen atoms in total. The second-order valence-corrected chi connectivity index (χ2v) is 8.42. The monoisotopic (exact) mass is 525 g/mol. The van der Waals surface area contributed by atoms with Gasteiger partial charge in [0.2, 0.25) is 0 Å². The summed E-state index contributed by atoms with van der Waals surface area (Å²) in [5.41, 5.74) is 2.42. The number of esters is 3. The van der Waals surface area contributed by atoms with Crippen molar-refractivity contribution in [3.8, 4) is 0 Å². The zero-order valence-electron chi connectivity index (χ0n) is 21.2. The van der Waals surface area contributed by atoms with Crippen LogP contribution in [-0.2, 0) is 33.5 Å². The van der Waals surface area contributed by atoms with Crippen molar-refractivity contribution in [2.45, 2.75) is 19.3 Å². The first-order valence-corrected chi connectivity index (χ1v) is 12.4. The van der Waals surface area contributed by atoms with Crippen molar-refractivity contribution in [3.63, 3.8) is 0 Å². The third-order valence-electron chi connectivity index (χ3n) is 5.59. The summed E-state index contributed by atoms with van der Waals surface area (Å²) < 4.78 is 16.1. The number of benzene rings is 1. The summed E-state index contributed by atoms with van der Waals surface area (Å²) in [6, 6.07) is 20.5. The number of ether oxygens (including phenoxy) is 3. The second kappa shape index (κ2) is 14.1. The van der Waals surface area contributed by atoms with E-state index in [1.54, 1.807) is 36.8 Å². The van der Waals surface area contributed by atoms with Crippen molar-refractivity contribution in [1.29, 1.82) is 0 Å². The molecule has 0 saturated carbocycles. The number of carbonyl (C=O) groups is 3. The SMILES string of the molecule is O=C(OCCc1ccccn1)c1cc(C(=O)OCCc2ccccn2)cc(C(=O)OCCc2ccccn2)c1. The molecule has 1 aromatic carbocycles. The van der Waals surface area contributed by atoms with Gasteiger partial charge in [0.15, 0.2) is 0 Å². The molecule has 0 radical (unpaired) electrons. The third kappa shape index (κ3) is 8.57. The standard InChI is InChI=1S/C30H27N3O6/c34-28(37-16-10-25-7-1-4-13-31-25)22-19-23(29(35)38-17-11-26-8-2-5-14-32-26)21-24(20-22)30(36)39-18-12-27-9-3-6-15-33-27/h1-9,13-15,19-21H,10-12,16-18H2. The molecule has 0 aliphatic heterocycles. The summed E-state index contributed by atoms with van der Waals surface area (Å²) >= 11 is 0. The van der Waals surface area contributed by atoms with Crippen LogP contribution in [0.25, 0.3) is 0 Å². The lowest BCUT2D eigenvalue weighted by molar-refractivity contribution is 0.0506. The van der Waals surface area contributed by atoms with Gasteiger partial charge in [-0.2, -0.15) is 0 Å². The van der Waals surface area contributed by atoms with Crippen molar-refractivity contribution >= 4 is 17.9 Å². The quantitative estimate of drug-likeness (QED) is 0.199. The van der Waals surface area contributed by atoms with Crippen LogP contribution in [0, 0.1) is 0 Å². The Kier molecular flexibility index (Phi) is 9.83. The lowest BCUT2D eigenvalue weighted by Crippen LogP contribution is -2.15. The highest BCUT2D eigenvalue weighted by Crippen LogP contribution is 2.15. The lowest BCUT2D eigenvalue weighted by atomic mass is 10.1. The minimum Gasteiger partial charge on any atom is -0.462 e. The van der Waals surface area contributed by atoms with E-state index in [1.807, 2.05) is 36.4 Å². The van der Waals surface area contributed by atoms with Crippen molar-refractivity contribution < 1.29 is 28.6 Å². The zero-order chi connectivity index (χ0) is 27.3. The van der Waals surface area contributed by atoms with Gasteiger partial charge in [-0.3, -0.25) is 15.0 Å². The fraction of sp³-hybridized carbons (Fsp3) is 0.200. The molecule has 4 rings (SSSR count). The van der Waals surface area contributed by atoms with Gasteiger partial charge >= 0.3 is 17.9 Å². The van der Waals surface area contributed by atoms with Gasteiger partial charge in [-0.1, -0.05) is 18.2 Å². The average molecular weight is 526 g/mol. The highest BCUT2D eigenvalue weighted by molar-refractivity contribution is 6.00. The van der Waals surface area contributed by atoms with E-state index < -0.39 is 17.9 Å². The van der Waals surface area contributed by atoms with E-state index in [9.17, 15) is 14.4 Å². The molecule has 0 bridgehead atoms. The number of hydrogen-bond donors (Lipinski definition) is 0. The van der Waals surface area contributed by atoms with E-state index in [-0.39, 0.29) is 36.5 Å². The second-order valence-electron chi connectivity index (χ2n) is 8.42. The number of aromatic nitrogens is 3. The molecule has 0 spiro atoms. The number of rotatable bonds is 12. The number of nitrogens with zero attached hydrogens (tertiary/aromatic N) is 3. The molecule has 0 N–H and O–H groups in total. The molecule has 0 saturated heterocycles. The Labute approximate surface area is 225 Å². The van der Waals surface area contributed by atoms with Gasteiger partial charge in [-0.25, -0.2) is 14.4 Å². The highest BCUT2D eigenvalue weighted by Gasteiger charge is 2.19. The van der Waals surface area contributed by atoms with Crippen LogP contribution in [0.1, 0.15) is 48.2 Å². The number of carbonyl (C=O) groups excluding carboxylic acids is 3. The van der Waals surface area contributed by atoms with Crippen LogP contribution in [0.2, 0.25) is 0 Å². The van der Waals surface area contributed by atoms with Gasteiger partial charge in [0.25, 0.3) is 0 Å². The number of hydrogen-bond acceptors (Lipinski definition) is 9. The summed E-state index contributed by atoms with van der Waals surface area (Å²) in [5.74, 6) is -2.05. The summed E-state index contributed by atoms with van der Waals surface area (Å²) in [6.45, 7) is 0.245. The van der Waals surface area contributed by atoms with Crippen LogP contribution in [0.15, 0.2) is 91.4 Å². The minimum absolute atomic E-state index is 0.0341. The maximum Gasteiger partial charge on any atom is 0.338 e. The van der Waals surface area contributed by atoms with E-state index in [0.717, 1.165) is 17.1 Å². The van der Waals surface area contributed by atoms with E-state index in [1.165, 1.54) is 18.2 Å². The third-order valence-corrected chi connectivity index (χ3v) is 5.59. The largest absolute Gasteiger partial charge is 0.462 e. The molecular weight excluding hydrogens is 498 g/mol. The first-order valence-electron chi connectivity index (χ1n) is 12.4. The predicted octanol–water partition coefficient (Wildman–Crippen LogP) is 4.07. The Bertz CT molecular complexity index is 1200. The molecule has 0 unspecified atom stereocenters. The van der Waals surface area contributed by atoms with Crippen LogP contribution in [-0.4, -0.2) is 52.7 Å². The van der Waals surface area contributed by atoms with Crippen molar-refractivity contribution in [2.24, 2.45) is 0 Å². The molecule has 9 heteroatoms. The molecule has 0 atom stereocenters. The molecular formula is C30H27N3O6. The van der Waals surface area contributed by atoms with Crippen molar-refractivity contribution in [3.05, 3.63) is 125 Å². The number of pyridine rings is 3. The van der Waals surface area contributed by atoms with Gasteiger partial charge in [-0.15, -0.1) is 0 Å². The predicted molar refractivity (Wildman–Crippen MR) is 141 cm³/mol. The van der Waals surface area contributed by atoms with Crippen molar-refractivity contribution in [2.75, 3.05) is 19.8 Å². The van der Waals surface area contributed by atoms with Crippen LogP contribution >= 0.6 is 0 Å². The lowest BCUT2D eigenvalue weighted by Gasteiger charge is -2.11. The fourth-order valence-electron chi connectivity index (χ4n) is 3.61. The fourth-order valence-corrected chi connectivity index (χ4v) is 3.61. The summed E-state index contributed by atoms with van der Waals surface area (Å²) in [7, 11) is 0. The first kappa shape index (κ1) is 27.1. The van der Waals surface area contributed by atoms with E-state index in [4.69, 9.17) is 14.2 Å². The molecule has 3 aromatic heterocycles. The molecule has 0 aliphatic carbocycles. The normalized spacial score (nSPS) is 10.5. The van der Waals surface area contributed by atoms with Crippen LogP contribution in [0.4, 0.5) is 0 Å². The Morgan fingerprint density at radius 1 is 0.487 bits per heavy atom. The van der Waals surface area contributed by atoms with Crippen LogP contribution < -0.4 is 0 Å². The molecule has 198 valence electrons. The summed E-state index contributed by atoms with van der Waals surface area (Å²) in [5, 5.41) is 0. The molecule has 4 aromatic rings. The Hall–Kier alpha value is -4.92. The maximum absolute atomic E-state index is 12.8. The van der Waals surface area contributed by atoms with Gasteiger partial charge in [0, 0.05) is 54.9 Å². The van der Waals surface area contributed by atoms with Gasteiger partial charge in [0.05, 0.1) is 36.5 Å². The summed E-state index contributed by atoms with van der Waals surface area (Å²) in [6.07, 6.45) is 6.24. The van der Waals surface area contributed by atoms with Gasteiger partial charge in [-0.05, 0) is 54.6 Å². The van der Waals surface area contributed by atoms with E-state index >= 15 is 0 Å². The zero-order valence-corrected chi connectivity index (χ0v) is 21.2. The topological polar surface area (TPSA) is 118 Å². The smallest absolute Gasteiger partial charge is 0.338 e. The molecule has 3 heterocycles. The Balaban J connectivity index is 1.43. The van der Waals surface area contributed by atoms with Gasteiger partial charge < -0.3 is 14.2 Å². The minimum atomic E-state index is -0.684. The van der Waals surface area contributed by atoms with Crippen molar-refractivity contribution in [1.82, 2.24) is 15.0 Å². The van der Waals surface area contributed by atoms with Crippen LogP contribution in [0.3, 0.4) is 0 Å². The van der Waals surface area contributed by atoms with Crippen LogP contribution in [0.5, 0.6) is 0 Å². The highest BCUT2D eigenvalue weighted by atomic mass is 16.5. The van der Waals surface area contributed by atoms with E-state index in [0.29, 0.717) is 19.3 Å². The van der Waals surface area contributed by atoms with E-state index in [2.05, 4.69) is 15.0 Å². The Morgan fingerprint density at radius 3 is 1.05 bits per heavy atom. The molecule has 0 amide bonds. The van der Waals surface area contributed by atoms with Gasteiger partial charge in [0.1, 0.15) is 0 Å². The maximum atomic E-state index is 12.8. The Morgan fingerprint density at radius 2 is 0.795 bits per heavy atom.